The molecule has 7 heteroatoms. The van der Waals surface area contributed by atoms with E-state index in [1.54, 1.807) is 4.90 Å². The van der Waals surface area contributed by atoms with E-state index >= 15 is 0 Å². The van der Waals surface area contributed by atoms with Crippen molar-refractivity contribution >= 4 is 11.8 Å². The first kappa shape index (κ1) is 19.3. The predicted octanol–water partition coefficient (Wildman–Crippen LogP) is 3.43. The Labute approximate surface area is 145 Å². The van der Waals surface area contributed by atoms with E-state index in [4.69, 9.17) is 0 Å². The van der Waals surface area contributed by atoms with Crippen molar-refractivity contribution < 1.29 is 22.8 Å². The SMILES string of the molecule is CC(C)(C)CC(=O)N1CCN(C(=O)c2cccc(C(F)(F)F)c2)CC1. The van der Waals surface area contributed by atoms with Gasteiger partial charge in [0.05, 0.1) is 5.56 Å². The third-order valence-corrected chi connectivity index (χ3v) is 4.04. The Morgan fingerprint density at radius 3 is 2.08 bits per heavy atom. The number of amides is 2. The second-order valence-corrected chi connectivity index (χ2v) is 7.49. The highest BCUT2D eigenvalue weighted by atomic mass is 19.4. The molecule has 2 rings (SSSR count). The van der Waals surface area contributed by atoms with Crippen LogP contribution in [0.1, 0.15) is 43.1 Å². The molecule has 1 aliphatic rings. The Bertz CT molecular complexity index is 642. The summed E-state index contributed by atoms with van der Waals surface area (Å²) in [5.74, 6) is -0.396. The third-order valence-electron chi connectivity index (χ3n) is 4.04. The molecule has 1 aliphatic heterocycles. The molecule has 4 nitrogen and oxygen atoms in total. The third kappa shape index (κ3) is 5.21. The van der Waals surface area contributed by atoms with Gasteiger partial charge in [-0.2, -0.15) is 13.2 Å². The van der Waals surface area contributed by atoms with Crippen molar-refractivity contribution in [3.05, 3.63) is 35.4 Å². The quantitative estimate of drug-likeness (QED) is 0.815. The maximum Gasteiger partial charge on any atom is 0.416 e. The van der Waals surface area contributed by atoms with Gasteiger partial charge in [-0.05, 0) is 23.6 Å². The number of hydrogen-bond acceptors (Lipinski definition) is 2. The molecule has 138 valence electrons. The summed E-state index contributed by atoms with van der Waals surface area (Å²) in [7, 11) is 0. The maximum atomic E-state index is 12.8. The van der Waals surface area contributed by atoms with Gasteiger partial charge in [0.25, 0.3) is 5.91 Å². The first-order valence-electron chi connectivity index (χ1n) is 8.22. The second kappa shape index (κ2) is 7.06. The number of benzene rings is 1. The highest BCUT2D eigenvalue weighted by Gasteiger charge is 2.32. The summed E-state index contributed by atoms with van der Waals surface area (Å²) in [6.45, 7) is 7.41. The minimum absolute atomic E-state index is 0.0179. The van der Waals surface area contributed by atoms with E-state index < -0.39 is 17.6 Å². The van der Waals surface area contributed by atoms with Gasteiger partial charge in [-0.1, -0.05) is 26.8 Å². The zero-order chi connectivity index (χ0) is 18.8. The molecule has 0 bridgehead atoms. The Morgan fingerprint density at radius 1 is 1.00 bits per heavy atom. The van der Waals surface area contributed by atoms with Crippen molar-refractivity contribution in [2.24, 2.45) is 5.41 Å². The fourth-order valence-electron chi connectivity index (χ4n) is 2.74. The van der Waals surface area contributed by atoms with Crippen molar-refractivity contribution in [2.75, 3.05) is 26.2 Å². The van der Waals surface area contributed by atoms with Crippen LogP contribution in [-0.2, 0) is 11.0 Å². The number of hydrogen-bond donors (Lipinski definition) is 0. The van der Waals surface area contributed by atoms with Crippen molar-refractivity contribution in [1.82, 2.24) is 9.80 Å². The van der Waals surface area contributed by atoms with Crippen molar-refractivity contribution in [3.8, 4) is 0 Å². The van der Waals surface area contributed by atoms with E-state index in [2.05, 4.69) is 0 Å². The minimum atomic E-state index is -4.48. The lowest BCUT2D eigenvalue weighted by Gasteiger charge is -2.36. The molecule has 1 fully saturated rings. The fraction of sp³-hybridized carbons (Fsp3) is 0.556. The molecule has 0 aromatic heterocycles. The smallest absolute Gasteiger partial charge is 0.339 e. The van der Waals surface area contributed by atoms with Gasteiger partial charge in [0.15, 0.2) is 0 Å². The number of nitrogens with zero attached hydrogens (tertiary/aromatic N) is 2. The number of carbonyl (C=O) groups is 2. The summed E-state index contributed by atoms with van der Waals surface area (Å²) in [5, 5.41) is 0. The predicted molar refractivity (Wildman–Crippen MR) is 88.0 cm³/mol. The Kier molecular flexibility index (Phi) is 5.44. The van der Waals surface area contributed by atoms with E-state index in [9.17, 15) is 22.8 Å². The summed E-state index contributed by atoms with van der Waals surface area (Å²) in [4.78, 5) is 27.9. The summed E-state index contributed by atoms with van der Waals surface area (Å²) < 4.78 is 38.3. The van der Waals surface area contributed by atoms with E-state index in [0.717, 1.165) is 12.1 Å². The molecule has 25 heavy (non-hydrogen) atoms. The van der Waals surface area contributed by atoms with Gasteiger partial charge < -0.3 is 9.80 Å². The molecule has 0 radical (unpaired) electrons. The Balaban J connectivity index is 1.99. The fourth-order valence-corrected chi connectivity index (χ4v) is 2.74. The second-order valence-electron chi connectivity index (χ2n) is 7.49. The molecular formula is C18H23F3N2O2. The number of alkyl halides is 3. The highest BCUT2D eigenvalue weighted by molar-refractivity contribution is 5.94. The summed E-state index contributed by atoms with van der Waals surface area (Å²) in [6.07, 6.45) is -4.05. The molecule has 1 aromatic carbocycles. The topological polar surface area (TPSA) is 40.6 Å². The van der Waals surface area contributed by atoms with Gasteiger partial charge in [-0.15, -0.1) is 0 Å². The molecule has 1 aromatic rings. The Hall–Kier alpha value is -2.05. The lowest BCUT2D eigenvalue weighted by molar-refractivity contribution is -0.137. The van der Waals surface area contributed by atoms with Crippen LogP contribution in [0.3, 0.4) is 0 Å². The minimum Gasteiger partial charge on any atom is -0.339 e. The van der Waals surface area contributed by atoms with Crippen LogP contribution in [0.2, 0.25) is 0 Å². The number of piperazine rings is 1. The van der Waals surface area contributed by atoms with Crippen molar-refractivity contribution in [1.29, 1.82) is 0 Å². The monoisotopic (exact) mass is 356 g/mol. The molecule has 0 N–H and O–H groups in total. The summed E-state index contributed by atoms with van der Waals surface area (Å²) >= 11 is 0. The van der Waals surface area contributed by atoms with Crippen LogP contribution in [0.5, 0.6) is 0 Å². The van der Waals surface area contributed by atoms with Gasteiger partial charge in [0, 0.05) is 38.2 Å². The van der Waals surface area contributed by atoms with Crippen LogP contribution < -0.4 is 0 Å². The average molecular weight is 356 g/mol. The maximum absolute atomic E-state index is 12.8. The zero-order valence-electron chi connectivity index (χ0n) is 14.7. The molecule has 0 aliphatic carbocycles. The van der Waals surface area contributed by atoms with E-state index in [1.165, 1.54) is 17.0 Å². The lowest BCUT2D eigenvalue weighted by Crippen LogP contribution is -2.51. The van der Waals surface area contributed by atoms with Crippen molar-refractivity contribution in [2.45, 2.75) is 33.4 Å². The van der Waals surface area contributed by atoms with Gasteiger partial charge in [-0.25, -0.2) is 0 Å². The highest BCUT2D eigenvalue weighted by Crippen LogP contribution is 2.30. The van der Waals surface area contributed by atoms with Gasteiger partial charge in [0.1, 0.15) is 0 Å². The van der Waals surface area contributed by atoms with Gasteiger partial charge in [-0.3, -0.25) is 9.59 Å². The van der Waals surface area contributed by atoms with Crippen molar-refractivity contribution in [3.63, 3.8) is 0 Å². The first-order valence-corrected chi connectivity index (χ1v) is 8.22. The van der Waals surface area contributed by atoms with E-state index in [-0.39, 0.29) is 16.9 Å². The Morgan fingerprint density at radius 2 is 1.56 bits per heavy atom. The normalized spacial score (nSPS) is 16.1. The number of halogens is 3. The molecule has 0 saturated carbocycles. The summed E-state index contributed by atoms with van der Waals surface area (Å²) in [5.41, 5.74) is -0.927. The van der Waals surface area contributed by atoms with Crippen LogP contribution in [-0.4, -0.2) is 47.8 Å². The van der Waals surface area contributed by atoms with E-state index in [1.807, 2.05) is 20.8 Å². The van der Waals surface area contributed by atoms with E-state index in [0.29, 0.717) is 32.6 Å². The molecule has 0 atom stereocenters. The molecule has 0 spiro atoms. The van der Waals surface area contributed by atoms with Crippen LogP contribution in [0.25, 0.3) is 0 Å². The lowest BCUT2D eigenvalue weighted by atomic mass is 9.91. The number of carbonyl (C=O) groups excluding carboxylic acids is 2. The van der Waals surface area contributed by atoms with Gasteiger partial charge in [0.2, 0.25) is 5.91 Å². The largest absolute Gasteiger partial charge is 0.416 e. The molecule has 0 unspecified atom stereocenters. The van der Waals surface area contributed by atoms with Gasteiger partial charge >= 0.3 is 6.18 Å². The first-order chi connectivity index (χ1) is 11.5. The van der Waals surface area contributed by atoms with Crippen LogP contribution in [0.4, 0.5) is 13.2 Å². The average Bonchev–Trinajstić information content (AvgIpc) is 2.52. The van der Waals surface area contributed by atoms with Crippen LogP contribution in [0, 0.1) is 5.41 Å². The molecular weight excluding hydrogens is 333 g/mol. The zero-order valence-corrected chi connectivity index (χ0v) is 14.7. The molecule has 1 saturated heterocycles. The molecule has 1 heterocycles. The molecule has 2 amide bonds. The summed E-state index contributed by atoms with van der Waals surface area (Å²) in [6, 6.07) is 4.44. The standard InChI is InChI=1S/C18H23F3N2O2/c1-17(2,3)12-15(24)22-7-9-23(10-8-22)16(25)13-5-4-6-14(11-13)18(19,20)21/h4-6,11H,7-10,12H2,1-3H3. The van der Waals surface area contributed by atoms with Crippen LogP contribution >= 0.6 is 0 Å². The number of rotatable bonds is 2. The van der Waals surface area contributed by atoms with Crippen LogP contribution in [0.15, 0.2) is 24.3 Å².